The van der Waals surface area contributed by atoms with Gasteiger partial charge in [0.05, 0.1) is 0 Å². The number of hydrogen-bond acceptors (Lipinski definition) is 3. The minimum Gasteiger partial charge on any atom is -0.480 e. The summed E-state index contributed by atoms with van der Waals surface area (Å²) in [4.78, 5) is 23.3. The van der Waals surface area contributed by atoms with Crippen LogP contribution in [0.4, 0.5) is 0 Å². The molecule has 2 aromatic rings. The summed E-state index contributed by atoms with van der Waals surface area (Å²) in [7, 11) is 0. The van der Waals surface area contributed by atoms with Crippen molar-refractivity contribution >= 4 is 22.8 Å². The monoisotopic (exact) mass is 275 g/mol. The minimum atomic E-state index is -1.07. The van der Waals surface area contributed by atoms with Crippen LogP contribution in [-0.4, -0.2) is 23.0 Å². The Morgan fingerprint density at radius 1 is 1.25 bits per heavy atom. The van der Waals surface area contributed by atoms with E-state index in [0.717, 1.165) is 5.39 Å². The van der Waals surface area contributed by atoms with E-state index in [4.69, 9.17) is 4.42 Å². The Balaban J connectivity index is 2.24. The van der Waals surface area contributed by atoms with Gasteiger partial charge in [-0.3, -0.25) is 4.79 Å². The van der Waals surface area contributed by atoms with Crippen molar-refractivity contribution in [2.45, 2.75) is 26.8 Å². The first-order valence-corrected chi connectivity index (χ1v) is 6.31. The fourth-order valence-corrected chi connectivity index (χ4v) is 1.94. The van der Waals surface area contributed by atoms with Crippen molar-refractivity contribution in [2.24, 2.45) is 5.41 Å². The molecular weight excluding hydrogens is 258 g/mol. The lowest BCUT2D eigenvalue weighted by molar-refractivity contribution is -0.142. The highest BCUT2D eigenvalue weighted by Crippen LogP contribution is 2.22. The van der Waals surface area contributed by atoms with E-state index in [0.29, 0.717) is 5.58 Å². The molecule has 1 amide bonds. The van der Waals surface area contributed by atoms with Gasteiger partial charge in [0.2, 0.25) is 0 Å². The lowest BCUT2D eigenvalue weighted by atomic mass is 9.87. The zero-order valence-corrected chi connectivity index (χ0v) is 11.6. The summed E-state index contributed by atoms with van der Waals surface area (Å²) in [5, 5.41) is 12.5. The molecule has 1 aromatic carbocycles. The van der Waals surface area contributed by atoms with E-state index < -0.39 is 23.3 Å². The predicted octanol–water partition coefficient (Wildman–Crippen LogP) is 2.66. The Bertz CT molecular complexity index is 618. The van der Waals surface area contributed by atoms with E-state index in [1.807, 2.05) is 18.2 Å². The molecule has 0 saturated carbocycles. The van der Waals surface area contributed by atoms with Crippen LogP contribution in [0.5, 0.6) is 0 Å². The lowest BCUT2D eigenvalue weighted by Gasteiger charge is -2.27. The third-order valence-electron chi connectivity index (χ3n) is 3.04. The molecule has 5 heteroatoms. The summed E-state index contributed by atoms with van der Waals surface area (Å²) in [5.41, 5.74) is 0.00771. The maximum Gasteiger partial charge on any atom is 0.326 e. The molecule has 0 aliphatic carbocycles. The van der Waals surface area contributed by atoms with Gasteiger partial charge in [-0.05, 0) is 17.5 Å². The third kappa shape index (κ3) is 2.82. The average Bonchev–Trinajstić information content (AvgIpc) is 2.77. The second-order valence-electron chi connectivity index (χ2n) is 5.76. The fourth-order valence-electron chi connectivity index (χ4n) is 1.94. The van der Waals surface area contributed by atoms with Gasteiger partial charge in [-0.15, -0.1) is 0 Å². The Morgan fingerprint density at radius 3 is 2.45 bits per heavy atom. The minimum absolute atomic E-state index is 0.113. The number of hydrogen-bond donors (Lipinski definition) is 2. The highest BCUT2D eigenvalue weighted by Gasteiger charge is 2.33. The summed E-state index contributed by atoms with van der Waals surface area (Å²) in [6.45, 7) is 5.26. The normalized spacial score (nSPS) is 13.2. The second-order valence-corrected chi connectivity index (χ2v) is 5.76. The van der Waals surface area contributed by atoms with Crippen LogP contribution in [0.25, 0.3) is 11.0 Å². The molecule has 0 saturated heterocycles. The summed E-state index contributed by atoms with van der Waals surface area (Å²) in [5.74, 6) is -1.48. The maximum atomic E-state index is 12.1. The topological polar surface area (TPSA) is 79.5 Å². The molecule has 0 fully saturated rings. The number of carbonyl (C=O) groups excluding carboxylic acids is 1. The second kappa shape index (κ2) is 5.00. The van der Waals surface area contributed by atoms with Gasteiger partial charge in [0.15, 0.2) is 5.76 Å². The first kappa shape index (κ1) is 14.1. The maximum absolute atomic E-state index is 12.1. The van der Waals surface area contributed by atoms with Crippen molar-refractivity contribution in [1.29, 1.82) is 0 Å². The zero-order valence-electron chi connectivity index (χ0n) is 11.6. The largest absolute Gasteiger partial charge is 0.480 e. The van der Waals surface area contributed by atoms with Crippen molar-refractivity contribution in [2.75, 3.05) is 0 Å². The van der Waals surface area contributed by atoms with Crippen LogP contribution in [0.1, 0.15) is 31.3 Å². The number of nitrogens with one attached hydrogen (secondary N) is 1. The molecule has 0 radical (unpaired) electrons. The van der Waals surface area contributed by atoms with Gasteiger partial charge in [0, 0.05) is 5.39 Å². The number of furan rings is 1. The number of fused-ring (bicyclic) bond motifs is 1. The molecule has 106 valence electrons. The molecular formula is C15H17NO4. The molecule has 5 nitrogen and oxygen atoms in total. The van der Waals surface area contributed by atoms with E-state index in [2.05, 4.69) is 5.32 Å². The molecule has 20 heavy (non-hydrogen) atoms. The highest BCUT2D eigenvalue weighted by molar-refractivity contribution is 5.98. The lowest BCUT2D eigenvalue weighted by Crippen LogP contribution is -2.49. The Hall–Kier alpha value is -2.30. The van der Waals surface area contributed by atoms with Crippen molar-refractivity contribution in [3.8, 4) is 0 Å². The third-order valence-corrected chi connectivity index (χ3v) is 3.04. The first-order chi connectivity index (χ1) is 9.29. The quantitative estimate of drug-likeness (QED) is 0.902. The smallest absolute Gasteiger partial charge is 0.326 e. The molecule has 0 spiro atoms. The summed E-state index contributed by atoms with van der Waals surface area (Å²) in [6.07, 6.45) is 0. The number of rotatable bonds is 3. The molecule has 0 bridgehead atoms. The number of carboxylic acid groups (broad SMARTS) is 1. The van der Waals surface area contributed by atoms with Gasteiger partial charge in [-0.1, -0.05) is 39.0 Å². The highest BCUT2D eigenvalue weighted by atomic mass is 16.4. The van der Waals surface area contributed by atoms with Gasteiger partial charge in [0.25, 0.3) is 5.91 Å². The van der Waals surface area contributed by atoms with Crippen LogP contribution in [0.3, 0.4) is 0 Å². The van der Waals surface area contributed by atoms with Crippen LogP contribution < -0.4 is 5.32 Å². The molecule has 2 N–H and O–H groups in total. The van der Waals surface area contributed by atoms with Gasteiger partial charge < -0.3 is 14.8 Å². The Labute approximate surface area is 116 Å². The van der Waals surface area contributed by atoms with Crippen LogP contribution >= 0.6 is 0 Å². The van der Waals surface area contributed by atoms with Crippen molar-refractivity contribution in [3.63, 3.8) is 0 Å². The summed E-state index contributed by atoms with van der Waals surface area (Å²) < 4.78 is 5.42. The Kier molecular flexibility index (Phi) is 3.53. The molecule has 1 aromatic heterocycles. The predicted molar refractivity (Wildman–Crippen MR) is 74.6 cm³/mol. The number of aliphatic carboxylic acids is 1. The van der Waals surface area contributed by atoms with E-state index in [-0.39, 0.29) is 5.76 Å². The van der Waals surface area contributed by atoms with Gasteiger partial charge >= 0.3 is 5.97 Å². The van der Waals surface area contributed by atoms with Crippen LogP contribution in [0, 0.1) is 5.41 Å². The number of carboxylic acids is 1. The summed E-state index contributed by atoms with van der Waals surface area (Å²) in [6, 6.07) is 7.85. The van der Waals surface area contributed by atoms with Gasteiger partial charge in [-0.25, -0.2) is 4.79 Å². The molecule has 1 unspecified atom stereocenters. The molecule has 0 aliphatic rings. The van der Waals surface area contributed by atoms with Crippen molar-refractivity contribution < 1.29 is 19.1 Å². The molecule has 0 aliphatic heterocycles. The SMILES string of the molecule is CC(C)(C)C(NC(=O)c1cc2ccccc2o1)C(=O)O. The van der Waals surface area contributed by atoms with E-state index in [1.165, 1.54) is 0 Å². The van der Waals surface area contributed by atoms with Gasteiger partial charge in [0.1, 0.15) is 11.6 Å². The van der Waals surface area contributed by atoms with Crippen LogP contribution in [0.15, 0.2) is 34.7 Å². The van der Waals surface area contributed by atoms with E-state index in [1.54, 1.807) is 32.9 Å². The van der Waals surface area contributed by atoms with Crippen LogP contribution in [0.2, 0.25) is 0 Å². The number of carbonyl (C=O) groups is 2. The first-order valence-electron chi connectivity index (χ1n) is 6.31. The molecule has 1 atom stereocenters. The van der Waals surface area contributed by atoms with Crippen LogP contribution in [-0.2, 0) is 4.79 Å². The zero-order chi connectivity index (χ0) is 14.9. The van der Waals surface area contributed by atoms with Gasteiger partial charge in [-0.2, -0.15) is 0 Å². The van der Waals surface area contributed by atoms with Crippen molar-refractivity contribution in [1.82, 2.24) is 5.32 Å². The summed E-state index contributed by atoms with van der Waals surface area (Å²) >= 11 is 0. The fraction of sp³-hybridized carbons (Fsp3) is 0.333. The van der Waals surface area contributed by atoms with E-state index >= 15 is 0 Å². The van der Waals surface area contributed by atoms with Crippen molar-refractivity contribution in [3.05, 3.63) is 36.1 Å². The molecule has 2 rings (SSSR count). The average molecular weight is 275 g/mol. The molecule has 1 heterocycles. The Morgan fingerprint density at radius 2 is 1.90 bits per heavy atom. The number of para-hydroxylation sites is 1. The number of benzene rings is 1. The number of amides is 1. The standard InChI is InChI=1S/C15H17NO4/c1-15(2,3)12(14(18)19)16-13(17)11-8-9-6-4-5-7-10(9)20-11/h4-8,12H,1-3H3,(H,16,17)(H,18,19). The van der Waals surface area contributed by atoms with E-state index in [9.17, 15) is 14.7 Å².